The van der Waals surface area contributed by atoms with Crippen LogP contribution in [0.4, 0.5) is 5.69 Å². The number of rotatable bonds is 4. The van der Waals surface area contributed by atoms with Gasteiger partial charge < -0.3 is 23.8 Å². The first-order chi connectivity index (χ1) is 15.4. The van der Waals surface area contributed by atoms with Gasteiger partial charge in [0.1, 0.15) is 0 Å². The topological polar surface area (TPSA) is 108 Å². The summed E-state index contributed by atoms with van der Waals surface area (Å²) in [6.45, 7) is 0. The number of fused-ring (bicyclic) bond motifs is 6. The lowest BCUT2D eigenvalue weighted by atomic mass is 9.83. The van der Waals surface area contributed by atoms with E-state index in [0.717, 1.165) is 32.5 Å². The molecule has 0 amide bonds. The lowest BCUT2D eigenvalue weighted by Crippen LogP contribution is -2.50. The van der Waals surface area contributed by atoms with Crippen LogP contribution in [0.25, 0.3) is 16.8 Å². The maximum atomic E-state index is 13.0. The molecule has 11 heteroatoms. The highest BCUT2D eigenvalue weighted by molar-refractivity contribution is 7.12. The normalized spacial score (nSPS) is 16.6. The monoisotopic (exact) mass is 475 g/mol. The van der Waals surface area contributed by atoms with Crippen LogP contribution in [0.1, 0.15) is 4.88 Å². The van der Waals surface area contributed by atoms with E-state index < -0.39 is 35.5 Å². The van der Waals surface area contributed by atoms with Gasteiger partial charge in [-0.1, -0.05) is 0 Å². The summed E-state index contributed by atoms with van der Waals surface area (Å²) in [5.74, 6) is -3.64. The van der Waals surface area contributed by atoms with Crippen molar-refractivity contribution in [1.29, 1.82) is 0 Å². The van der Waals surface area contributed by atoms with E-state index in [4.69, 9.17) is 18.9 Å². The van der Waals surface area contributed by atoms with Crippen molar-refractivity contribution in [2.45, 2.75) is 6.04 Å². The Morgan fingerprint density at radius 1 is 0.844 bits per heavy atom. The highest BCUT2D eigenvalue weighted by Gasteiger charge is 2.51. The first kappa shape index (κ1) is 21.8. The summed E-state index contributed by atoms with van der Waals surface area (Å²) >= 11 is 2.71. The quantitative estimate of drug-likeness (QED) is 0.486. The first-order valence-corrected chi connectivity index (χ1v) is 11.0. The predicted molar refractivity (Wildman–Crippen MR) is 116 cm³/mol. The van der Waals surface area contributed by atoms with Crippen LogP contribution >= 0.6 is 22.7 Å². The Balaban J connectivity index is 2.21. The zero-order valence-electron chi connectivity index (χ0n) is 17.4. The molecule has 0 radical (unpaired) electrons. The standard InChI is InChI=1S/C21H17NO8S2/c1-27-18(23)12-13(19(24)28-2)15-17-9(5-6-32-17)10-7-31-8-11(10)22(15)16(21(26)30-4)14(12)20(25)29-3/h5-8,16H,1-4H3/t16-/m1/s1. The molecule has 0 saturated heterocycles. The molecule has 1 atom stereocenters. The van der Waals surface area contributed by atoms with Crippen LogP contribution in [0, 0.1) is 0 Å². The number of ether oxygens (including phenoxy) is 4. The number of carbonyl (C=O) groups is 4. The van der Waals surface area contributed by atoms with Crippen molar-refractivity contribution in [3.8, 4) is 11.1 Å². The Morgan fingerprint density at radius 3 is 2.12 bits per heavy atom. The molecule has 2 aromatic heterocycles. The molecule has 0 N–H and O–H groups in total. The predicted octanol–water partition coefficient (Wildman–Crippen LogP) is 2.38. The highest BCUT2D eigenvalue weighted by Crippen LogP contribution is 2.53. The van der Waals surface area contributed by atoms with Gasteiger partial charge in [0.05, 0.1) is 61.4 Å². The molecule has 2 aliphatic heterocycles. The minimum atomic E-state index is -1.39. The highest BCUT2D eigenvalue weighted by atomic mass is 32.1. The van der Waals surface area contributed by atoms with Gasteiger partial charge in [0.2, 0.25) is 0 Å². The SMILES string of the molecule is COC(=O)C1=C(C(=O)OC)[C@H](C(=O)OC)N2C(=C1C(=O)OC)c1sccc1-c1cscc12. The molecule has 0 aliphatic carbocycles. The number of methoxy groups -OCH3 is 4. The third-order valence-corrected chi connectivity index (χ3v) is 6.86. The molecule has 4 rings (SSSR count). The molecule has 0 bridgehead atoms. The van der Waals surface area contributed by atoms with Gasteiger partial charge in [0.15, 0.2) is 6.04 Å². The summed E-state index contributed by atoms with van der Waals surface area (Å²) in [5, 5.41) is 5.53. The van der Waals surface area contributed by atoms with Gasteiger partial charge in [-0.2, -0.15) is 0 Å². The second kappa shape index (κ2) is 8.24. The third kappa shape index (κ3) is 2.96. The van der Waals surface area contributed by atoms with Crippen molar-refractivity contribution in [3.63, 3.8) is 0 Å². The molecule has 0 spiro atoms. The van der Waals surface area contributed by atoms with E-state index in [1.807, 2.05) is 16.8 Å². The van der Waals surface area contributed by atoms with Crippen LogP contribution in [-0.2, 0) is 38.1 Å². The number of esters is 4. The van der Waals surface area contributed by atoms with Crippen molar-refractivity contribution in [2.75, 3.05) is 33.3 Å². The maximum absolute atomic E-state index is 13.0. The molecule has 0 saturated carbocycles. The van der Waals surface area contributed by atoms with E-state index in [-0.39, 0.29) is 16.8 Å². The second-order valence-corrected chi connectivity index (χ2v) is 8.28. The van der Waals surface area contributed by atoms with Crippen LogP contribution in [0.3, 0.4) is 0 Å². The van der Waals surface area contributed by atoms with Gasteiger partial charge >= 0.3 is 23.9 Å². The van der Waals surface area contributed by atoms with Gasteiger partial charge in [-0.3, -0.25) is 0 Å². The van der Waals surface area contributed by atoms with Crippen LogP contribution in [0.15, 0.2) is 38.9 Å². The van der Waals surface area contributed by atoms with Crippen molar-refractivity contribution < 1.29 is 38.1 Å². The Kier molecular flexibility index (Phi) is 5.61. The van der Waals surface area contributed by atoms with Crippen LogP contribution in [-0.4, -0.2) is 58.4 Å². The fourth-order valence-electron chi connectivity index (χ4n) is 3.91. The van der Waals surface area contributed by atoms with Crippen molar-refractivity contribution >= 4 is 57.9 Å². The number of hydrogen-bond donors (Lipinski definition) is 0. The Morgan fingerprint density at radius 2 is 1.50 bits per heavy atom. The van der Waals surface area contributed by atoms with Crippen LogP contribution in [0.5, 0.6) is 0 Å². The Labute approximate surface area is 190 Å². The summed E-state index contributed by atoms with van der Waals surface area (Å²) < 4.78 is 19.8. The minimum Gasteiger partial charge on any atom is -0.467 e. The number of anilines is 1. The van der Waals surface area contributed by atoms with E-state index in [2.05, 4.69) is 0 Å². The molecule has 9 nitrogen and oxygen atoms in total. The average molecular weight is 476 g/mol. The zero-order valence-corrected chi connectivity index (χ0v) is 19.0. The summed E-state index contributed by atoms with van der Waals surface area (Å²) in [6.07, 6.45) is 0. The molecule has 0 fully saturated rings. The lowest BCUT2D eigenvalue weighted by molar-refractivity contribution is -0.145. The number of carbonyl (C=O) groups excluding carboxylic acids is 4. The summed E-state index contributed by atoms with van der Waals surface area (Å²) in [6, 6.07) is 0.489. The van der Waals surface area contributed by atoms with Gasteiger partial charge in [-0.25, -0.2) is 19.2 Å². The molecule has 0 aromatic carbocycles. The zero-order chi connectivity index (χ0) is 23.2. The average Bonchev–Trinajstić information content (AvgIpc) is 3.49. The van der Waals surface area contributed by atoms with Gasteiger partial charge in [0, 0.05) is 21.9 Å². The van der Waals surface area contributed by atoms with Crippen molar-refractivity contribution in [1.82, 2.24) is 0 Å². The summed E-state index contributed by atoms with van der Waals surface area (Å²) in [4.78, 5) is 54.1. The fraction of sp³-hybridized carbons (Fsp3) is 0.238. The molecule has 4 heterocycles. The smallest absolute Gasteiger partial charge is 0.340 e. The molecule has 32 heavy (non-hydrogen) atoms. The summed E-state index contributed by atoms with van der Waals surface area (Å²) in [7, 11) is 4.55. The fourth-order valence-corrected chi connectivity index (χ4v) is 5.69. The van der Waals surface area contributed by atoms with Gasteiger partial charge in [-0.05, 0) is 11.4 Å². The first-order valence-electron chi connectivity index (χ1n) is 9.16. The summed E-state index contributed by atoms with van der Waals surface area (Å²) in [5.41, 5.74) is 1.53. The third-order valence-electron chi connectivity index (χ3n) is 5.21. The van der Waals surface area contributed by atoms with Gasteiger partial charge in [0.25, 0.3) is 0 Å². The number of thiophene rings is 2. The maximum Gasteiger partial charge on any atom is 0.340 e. The molecular weight excluding hydrogens is 458 g/mol. The van der Waals surface area contributed by atoms with Gasteiger partial charge in [-0.15, -0.1) is 22.7 Å². The van der Waals surface area contributed by atoms with Crippen molar-refractivity contribution in [2.24, 2.45) is 0 Å². The molecule has 0 unspecified atom stereocenters. The van der Waals surface area contributed by atoms with E-state index in [1.54, 1.807) is 5.38 Å². The minimum absolute atomic E-state index is 0.194. The Bertz CT molecular complexity index is 1220. The number of nitrogens with zero attached hydrogens (tertiary/aromatic N) is 1. The largest absolute Gasteiger partial charge is 0.467 e. The van der Waals surface area contributed by atoms with Crippen LogP contribution < -0.4 is 4.90 Å². The molecular formula is C21H17NO8S2. The van der Waals surface area contributed by atoms with E-state index in [9.17, 15) is 19.2 Å². The molecule has 166 valence electrons. The van der Waals surface area contributed by atoms with E-state index in [1.165, 1.54) is 34.7 Å². The van der Waals surface area contributed by atoms with E-state index >= 15 is 0 Å². The lowest BCUT2D eigenvalue weighted by Gasteiger charge is -2.41. The van der Waals surface area contributed by atoms with Crippen molar-refractivity contribution in [3.05, 3.63) is 43.8 Å². The molecule has 2 aromatic rings. The Hall–Kier alpha value is -3.44. The number of hydrogen-bond acceptors (Lipinski definition) is 11. The van der Waals surface area contributed by atoms with Crippen LogP contribution in [0.2, 0.25) is 0 Å². The van der Waals surface area contributed by atoms with E-state index in [0.29, 0.717) is 10.6 Å². The molecule has 2 aliphatic rings. The second-order valence-electron chi connectivity index (χ2n) is 6.62.